The van der Waals surface area contributed by atoms with Crippen molar-refractivity contribution in [2.75, 3.05) is 41.0 Å². The number of carbonyl (C=O) groups excluding carboxylic acids is 3. The lowest BCUT2D eigenvalue weighted by Crippen LogP contribution is -2.55. The van der Waals surface area contributed by atoms with Crippen molar-refractivity contribution in [2.45, 2.75) is 148 Å². The number of unbranched alkanes of at least 4 members (excludes halogenated alkanes) is 9. The summed E-state index contributed by atoms with van der Waals surface area (Å²) in [6, 6.07) is -0.739. The average molecular weight is 728 g/mol. The third-order valence-electron chi connectivity index (χ3n) is 8.37. The number of carboxylic acids is 1. The first kappa shape index (κ1) is 48.8. The molecule has 0 bridgehead atoms. The SMILES string of the molecule is CC/C=C/C/C=C/C/C=C/CCCCCCCCCCCC(=O)OC(COCCC(C(=O)[O-])[N+](C)(C)C)COC(=O)C/C=C/C/C=C/C/C=C/CC. The molecule has 2 unspecified atom stereocenters. The minimum absolute atomic E-state index is 0.00781. The van der Waals surface area contributed by atoms with Crippen LogP contribution in [0.4, 0.5) is 0 Å². The minimum atomic E-state index is -1.14. The Morgan fingerprint density at radius 2 is 1.08 bits per heavy atom. The standard InChI is InChI=1S/C44H73NO7/c1-6-8-10-12-14-16-17-18-19-20-21-22-23-24-25-27-29-31-33-35-43(47)52-40(38-50-37-36-41(44(48)49)45(3,4)5)39-51-42(46)34-32-30-28-26-15-13-11-9-7-2/h8-11,14-16,18-19,26,30,32,40-41H,6-7,12-13,17,20-25,27-29,31,33-39H2,1-5H3/b10-8+,11-9+,16-14+,19-18+,26-15+,32-30+. The monoisotopic (exact) mass is 728 g/mol. The summed E-state index contributed by atoms with van der Waals surface area (Å²) in [6.45, 7) is 4.29. The predicted octanol–water partition coefficient (Wildman–Crippen LogP) is 9.07. The molecule has 0 aromatic heterocycles. The molecule has 0 heterocycles. The van der Waals surface area contributed by atoms with Gasteiger partial charge >= 0.3 is 11.9 Å². The van der Waals surface area contributed by atoms with Crippen LogP contribution in [-0.4, -0.2) is 75.5 Å². The first-order valence-electron chi connectivity index (χ1n) is 20.0. The van der Waals surface area contributed by atoms with Crippen LogP contribution in [-0.2, 0) is 28.6 Å². The van der Waals surface area contributed by atoms with Gasteiger partial charge in [-0.15, -0.1) is 0 Å². The van der Waals surface area contributed by atoms with Crippen LogP contribution in [0.5, 0.6) is 0 Å². The number of esters is 2. The molecule has 8 nitrogen and oxygen atoms in total. The quantitative estimate of drug-likeness (QED) is 0.0282. The number of nitrogens with zero attached hydrogens (tertiary/aromatic N) is 1. The fraction of sp³-hybridized carbons (Fsp3) is 0.659. The zero-order valence-corrected chi connectivity index (χ0v) is 33.4. The number of allylic oxidation sites excluding steroid dienone is 11. The van der Waals surface area contributed by atoms with Gasteiger partial charge in [-0.1, -0.05) is 132 Å². The molecule has 0 amide bonds. The molecule has 0 aliphatic heterocycles. The molecule has 0 saturated carbocycles. The third kappa shape index (κ3) is 32.7. The molecule has 0 saturated heterocycles. The Hall–Kier alpha value is -3.23. The number of likely N-dealkylation sites (N-methyl/N-ethyl adjacent to an activating group) is 1. The van der Waals surface area contributed by atoms with Crippen LogP contribution in [0, 0.1) is 0 Å². The molecule has 52 heavy (non-hydrogen) atoms. The van der Waals surface area contributed by atoms with Crippen LogP contribution in [0.25, 0.3) is 0 Å². The van der Waals surface area contributed by atoms with Crippen LogP contribution in [0.15, 0.2) is 72.9 Å². The Morgan fingerprint density at radius 1 is 0.596 bits per heavy atom. The van der Waals surface area contributed by atoms with E-state index in [1.165, 1.54) is 38.5 Å². The van der Waals surface area contributed by atoms with Crippen molar-refractivity contribution < 1.29 is 38.2 Å². The molecule has 2 atom stereocenters. The maximum absolute atomic E-state index is 12.7. The molecule has 0 spiro atoms. The number of carbonyl (C=O) groups is 3. The fourth-order valence-electron chi connectivity index (χ4n) is 5.32. The highest BCUT2D eigenvalue weighted by atomic mass is 16.6. The van der Waals surface area contributed by atoms with Crippen molar-refractivity contribution in [3.8, 4) is 0 Å². The fourth-order valence-corrected chi connectivity index (χ4v) is 5.32. The molecule has 0 N–H and O–H groups in total. The normalized spacial score (nSPS) is 13.8. The number of aliphatic carboxylic acids is 1. The van der Waals surface area contributed by atoms with Gasteiger partial charge in [0, 0.05) is 12.8 Å². The van der Waals surface area contributed by atoms with Crippen molar-refractivity contribution in [1.29, 1.82) is 0 Å². The number of carboxylic acid groups (broad SMARTS) is 1. The van der Waals surface area contributed by atoms with E-state index in [-0.39, 0.29) is 43.1 Å². The molecular formula is C44H73NO7. The number of hydrogen-bond acceptors (Lipinski definition) is 7. The predicted molar refractivity (Wildman–Crippen MR) is 212 cm³/mol. The van der Waals surface area contributed by atoms with Gasteiger partial charge in [-0.05, 0) is 57.8 Å². The molecule has 0 aliphatic rings. The summed E-state index contributed by atoms with van der Waals surface area (Å²) in [7, 11) is 5.36. The van der Waals surface area contributed by atoms with Crippen molar-refractivity contribution in [3.05, 3.63) is 72.9 Å². The van der Waals surface area contributed by atoms with E-state index in [0.29, 0.717) is 6.42 Å². The van der Waals surface area contributed by atoms with Crippen molar-refractivity contribution in [1.82, 2.24) is 0 Å². The smallest absolute Gasteiger partial charge is 0.309 e. The van der Waals surface area contributed by atoms with E-state index >= 15 is 0 Å². The van der Waals surface area contributed by atoms with Gasteiger partial charge in [0.25, 0.3) is 0 Å². The summed E-state index contributed by atoms with van der Waals surface area (Å²) in [5.41, 5.74) is 0. The maximum Gasteiger partial charge on any atom is 0.309 e. The van der Waals surface area contributed by atoms with Crippen molar-refractivity contribution >= 4 is 17.9 Å². The highest BCUT2D eigenvalue weighted by molar-refractivity contribution is 5.71. The van der Waals surface area contributed by atoms with E-state index in [1.54, 1.807) is 27.2 Å². The Kier molecular flexibility index (Phi) is 32.7. The Labute approximate surface area is 317 Å². The van der Waals surface area contributed by atoms with Gasteiger partial charge in [0.1, 0.15) is 12.6 Å². The molecular weight excluding hydrogens is 654 g/mol. The zero-order chi connectivity index (χ0) is 38.5. The van der Waals surface area contributed by atoms with Crippen LogP contribution in [0.3, 0.4) is 0 Å². The van der Waals surface area contributed by atoms with Crippen LogP contribution in [0.2, 0.25) is 0 Å². The molecule has 0 aromatic carbocycles. The second-order valence-electron chi connectivity index (χ2n) is 14.1. The summed E-state index contributed by atoms with van der Waals surface area (Å²) < 4.78 is 17.0. The molecule has 0 rings (SSSR count). The van der Waals surface area contributed by atoms with E-state index < -0.39 is 24.1 Å². The maximum atomic E-state index is 12.7. The Morgan fingerprint density at radius 3 is 1.60 bits per heavy atom. The number of ether oxygens (including phenoxy) is 3. The summed E-state index contributed by atoms with van der Waals surface area (Å²) in [5, 5.41) is 11.6. The lowest BCUT2D eigenvalue weighted by Gasteiger charge is -2.34. The minimum Gasteiger partial charge on any atom is -0.544 e. The topological polar surface area (TPSA) is 102 Å². The number of rotatable bonds is 34. The largest absolute Gasteiger partial charge is 0.544 e. The average Bonchev–Trinajstić information content (AvgIpc) is 3.09. The van der Waals surface area contributed by atoms with Gasteiger partial charge in [0.2, 0.25) is 0 Å². The number of hydrogen-bond donors (Lipinski definition) is 0. The lowest BCUT2D eigenvalue weighted by molar-refractivity contribution is -0.889. The zero-order valence-electron chi connectivity index (χ0n) is 33.4. The van der Waals surface area contributed by atoms with Gasteiger partial charge in [-0.3, -0.25) is 9.59 Å². The van der Waals surface area contributed by atoms with E-state index in [2.05, 4.69) is 74.6 Å². The van der Waals surface area contributed by atoms with E-state index in [4.69, 9.17) is 14.2 Å². The van der Waals surface area contributed by atoms with Crippen molar-refractivity contribution in [2.24, 2.45) is 0 Å². The van der Waals surface area contributed by atoms with Crippen LogP contribution >= 0.6 is 0 Å². The second kappa shape index (κ2) is 34.8. The molecule has 296 valence electrons. The molecule has 0 aromatic rings. The Balaban J connectivity index is 4.40. The van der Waals surface area contributed by atoms with Gasteiger partial charge < -0.3 is 28.6 Å². The van der Waals surface area contributed by atoms with E-state index in [1.807, 2.05) is 6.08 Å². The molecule has 0 radical (unpaired) electrons. The summed E-state index contributed by atoms with van der Waals surface area (Å²) in [4.78, 5) is 36.6. The van der Waals surface area contributed by atoms with Gasteiger partial charge in [0.15, 0.2) is 6.10 Å². The molecule has 0 aliphatic carbocycles. The van der Waals surface area contributed by atoms with Crippen molar-refractivity contribution in [3.63, 3.8) is 0 Å². The first-order chi connectivity index (χ1) is 25.1. The van der Waals surface area contributed by atoms with E-state index in [9.17, 15) is 19.5 Å². The second-order valence-corrected chi connectivity index (χ2v) is 14.1. The highest BCUT2D eigenvalue weighted by Crippen LogP contribution is 2.13. The van der Waals surface area contributed by atoms with Crippen LogP contribution in [0.1, 0.15) is 136 Å². The van der Waals surface area contributed by atoms with E-state index in [0.717, 1.165) is 64.2 Å². The summed E-state index contributed by atoms with van der Waals surface area (Å²) in [5.74, 6) is -1.90. The molecule has 8 heteroatoms. The van der Waals surface area contributed by atoms with Gasteiger partial charge in [-0.25, -0.2) is 0 Å². The third-order valence-corrected chi connectivity index (χ3v) is 8.37. The molecule has 0 fully saturated rings. The van der Waals surface area contributed by atoms with Crippen LogP contribution < -0.4 is 5.11 Å². The van der Waals surface area contributed by atoms with Gasteiger partial charge in [0.05, 0.1) is 46.7 Å². The Bertz CT molecular complexity index is 1080. The lowest BCUT2D eigenvalue weighted by atomic mass is 10.1. The highest BCUT2D eigenvalue weighted by Gasteiger charge is 2.25. The first-order valence-corrected chi connectivity index (χ1v) is 20.0. The van der Waals surface area contributed by atoms with Gasteiger partial charge in [-0.2, -0.15) is 0 Å². The summed E-state index contributed by atoms with van der Waals surface area (Å²) >= 11 is 0. The summed E-state index contributed by atoms with van der Waals surface area (Å²) in [6.07, 6.45) is 42.6. The number of quaternary nitrogens is 1.